The van der Waals surface area contributed by atoms with Crippen LogP contribution in [0.25, 0.3) is 22.8 Å². The second kappa shape index (κ2) is 5.49. The molecule has 1 saturated carbocycles. The predicted molar refractivity (Wildman–Crippen MR) is 80.4 cm³/mol. The van der Waals surface area contributed by atoms with Crippen LogP contribution < -0.4 is 4.74 Å². The molecule has 0 radical (unpaired) electrons. The highest BCUT2D eigenvalue weighted by molar-refractivity contribution is 5.59. The summed E-state index contributed by atoms with van der Waals surface area (Å²) in [5.41, 5.74) is 1.30. The zero-order valence-electron chi connectivity index (χ0n) is 12.6. The molecular formula is C16H15FN4O2. The molecule has 6 nitrogen and oxygen atoms in total. The molecule has 23 heavy (non-hydrogen) atoms. The van der Waals surface area contributed by atoms with Gasteiger partial charge in [-0.2, -0.15) is 10.1 Å². The van der Waals surface area contributed by atoms with E-state index in [0.717, 1.165) is 18.4 Å². The van der Waals surface area contributed by atoms with E-state index >= 15 is 0 Å². The number of aromatic nitrogens is 4. The Balaban J connectivity index is 1.60. The van der Waals surface area contributed by atoms with E-state index in [-0.39, 0.29) is 5.75 Å². The van der Waals surface area contributed by atoms with Crippen LogP contribution in [0.3, 0.4) is 0 Å². The third-order valence-corrected chi connectivity index (χ3v) is 3.69. The van der Waals surface area contributed by atoms with E-state index < -0.39 is 5.82 Å². The van der Waals surface area contributed by atoms with E-state index in [1.165, 1.54) is 6.07 Å². The van der Waals surface area contributed by atoms with Crippen molar-refractivity contribution in [2.75, 3.05) is 6.61 Å². The molecule has 0 spiro atoms. The summed E-state index contributed by atoms with van der Waals surface area (Å²) in [6.07, 6.45) is 5.91. The number of halogens is 1. The van der Waals surface area contributed by atoms with E-state index in [9.17, 15) is 4.39 Å². The molecule has 0 amide bonds. The van der Waals surface area contributed by atoms with Crippen LogP contribution in [-0.4, -0.2) is 26.5 Å². The number of hydrogen-bond acceptors (Lipinski definition) is 5. The average molecular weight is 314 g/mol. The summed E-state index contributed by atoms with van der Waals surface area (Å²) in [5, 5.41) is 8.21. The highest BCUT2D eigenvalue weighted by atomic mass is 19.1. The summed E-state index contributed by atoms with van der Waals surface area (Å²) in [4.78, 5) is 4.32. The fraction of sp³-hybridized carbons (Fsp3) is 0.312. The highest BCUT2D eigenvalue weighted by Crippen LogP contribution is 2.35. The van der Waals surface area contributed by atoms with Gasteiger partial charge in [0.2, 0.25) is 5.82 Å². The fourth-order valence-electron chi connectivity index (χ4n) is 2.36. The van der Waals surface area contributed by atoms with Gasteiger partial charge in [0.05, 0.1) is 24.4 Å². The lowest BCUT2D eigenvalue weighted by Gasteiger charge is -2.04. The van der Waals surface area contributed by atoms with Crippen molar-refractivity contribution in [3.63, 3.8) is 0 Å². The van der Waals surface area contributed by atoms with Gasteiger partial charge in [-0.25, -0.2) is 4.39 Å². The van der Waals surface area contributed by atoms with Crippen molar-refractivity contribution in [3.05, 3.63) is 36.4 Å². The molecular weight excluding hydrogens is 299 g/mol. The molecule has 0 saturated heterocycles. The molecule has 1 fully saturated rings. The quantitative estimate of drug-likeness (QED) is 0.721. The monoisotopic (exact) mass is 314 g/mol. The molecule has 0 aliphatic heterocycles. The van der Waals surface area contributed by atoms with Gasteiger partial charge in [-0.1, -0.05) is 5.16 Å². The second-order valence-electron chi connectivity index (χ2n) is 5.44. The maximum atomic E-state index is 13.9. The molecule has 1 aromatic carbocycles. The van der Waals surface area contributed by atoms with Gasteiger partial charge in [-0.15, -0.1) is 0 Å². The van der Waals surface area contributed by atoms with Crippen molar-refractivity contribution in [1.82, 2.24) is 19.9 Å². The average Bonchev–Trinajstić information content (AvgIpc) is 3.10. The van der Waals surface area contributed by atoms with E-state index in [1.54, 1.807) is 25.3 Å². The first-order chi connectivity index (χ1) is 11.2. The van der Waals surface area contributed by atoms with E-state index in [2.05, 4.69) is 15.2 Å². The van der Waals surface area contributed by atoms with Crippen LogP contribution in [0.4, 0.5) is 4.39 Å². The van der Waals surface area contributed by atoms with Crippen LogP contribution in [-0.2, 0) is 0 Å². The minimum absolute atomic E-state index is 0.214. The first kappa shape index (κ1) is 13.9. The van der Waals surface area contributed by atoms with Gasteiger partial charge in [0.25, 0.3) is 5.89 Å². The van der Waals surface area contributed by atoms with Gasteiger partial charge in [0.1, 0.15) is 0 Å². The molecule has 3 aromatic rings. The summed E-state index contributed by atoms with van der Waals surface area (Å²) in [5.74, 6) is 0.477. The topological polar surface area (TPSA) is 66.0 Å². The highest BCUT2D eigenvalue weighted by Gasteiger charge is 2.25. The maximum Gasteiger partial charge on any atom is 0.261 e. The number of benzene rings is 1. The van der Waals surface area contributed by atoms with Crippen LogP contribution in [0.2, 0.25) is 0 Å². The zero-order chi connectivity index (χ0) is 15.8. The predicted octanol–water partition coefficient (Wildman–Crippen LogP) is 3.47. The zero-order valence-corrected chi connectivity index (χ0v) is 12.6. The lowest BCUT2D eigenvalue weighted by atomic mass is 10.2. The summed E-state index contributed by atoms with van der Waals surface area (Å²) in [6, 6.07) is 5.10. The third-order valence-electron chi connectivity index (χ3n) is 3.69. The second-order valence-corrected chi connectivity index (χ2v) is 5.44. The minimum Gasteiger partial charge on any atom is -0.491 e. The van der Waals surface area contributed by atoms with Gasteiger partial charge in [0.15, 0.2) is 11.6 Å². The molecule has 7 heteroatoms. The fourth-order valence-corrected chi connectivity index (χ4v) is 2.36. The van der Waals surface area contributed by atoms with Crippen LogP contribution in [0.15, 0.2) is 35.1 Å². The molecule has 2 heterocycles. The number of ether oxygens (including phenoxy) is 1. The van der Waals surface area contributed by atoms with Gasteiger partial charge in [-0.3, -0.25) is 4.68 Å². The lowest BCUT2D eigenvalue weighted by Crippen LogP contribution is -1.94. The van der Waals surface area contributed by atoms with E-state index in [1.807, 2.05) is 10.9 Å². The smallest absolute Gasteiger partial charge is 0.261 e. The largest absolute Gasteiger partial charge is 0.491 e. The summed E-state index contributed by atoms with van der Waals surface area (Å²) in [6.45, 7) is 2.22. The summed E-state index contributed by atoms with van der Waals surface area (Å²) >= 11 is 0. The Morgan fingerprint density at radius 3 is 2.96 bits per heavy atom. The van der Waals surface area contributed by atoms with Crippen molar-refractivity contribution < 1.29 is 13.7 Å². The first-order valence-electron chi connectivity index (χ1n) is 7.55. The number of rotatable bonds is 5. The Kier molecular flexibility index (Phi) is 3.33. The van der Waals surface area contributed by atoms with E-state index in [0.29, 0.717) is 29.9 Å². The molecule has 0 bridgehead atoms. The number of nitrogens with zero attached hydrogens (tertiary/aromatic N) is 4. The Hall–Kier alpha value is -2.70. The molecule has 2 aromatic heterocycles. The molecule has 0 N–H and O–H groups in total. The van der Waals surface area contributed by atoms with Crippen LogP contribution >= 0.6 is 0 Å². The van der Waals surface area contributed by atoms with Crippen LogP contribution in [0, 0.1) is 5.82 Å². The van der Waals surface area contributed by atoms with Crippen LogP contribution in [0.1, 0.15) is 25.8 Å². The Morgan fingerprint density at radius 1 is 1.35 bits per heavy atom. The molecule has 1 aliphatic carbocycles. The van der Waals surface area contributed by atoms with E-state index in [4.69, 9.17) is 9.26 Å². The molecule has 0 unspecified atom stereocenters. The Bertz CT molecular complexity index is 838. The minimum atomic E-state index is -0.447. The van der Waals surface area contributed by atoms with Crippen molar-refractivity contribution in [2.24, 2.45) is 0 Å². The van der Waals surface area contributed by atoms with Crippen LogP contribution in [0.5, 0.6) is 5.75 Å². The third kappa shape index (κ3) is 2.69. The Labute approximate surface area is 131 Å². The molecule has 1 aliphatic rings. The number of hydrogen-bond donors (Lipinski definition) is 0. The summed E-state index contributed by atoms with van der Waals surface area (Å²) < 4.78 is 26.3. The standard InChI is InChI=1S/C16H15FN4O2/c1-2-22-14-6-3-10(7-13(14)17)15-19-16(23-20-15)11-8-18-21(9-11)12-4-5-12/h3,6-9,12H,2,4-5H2,1H3. The molecule has 4 rings (SSSR count). The first-order valence-corrected chi connectivity index (χ1v) is 7.55. The lowest BCUT2D eigenvalue weighted by molar-refractivity contribution is 0.321. The van der Waals surface area contributed by atoms with Crippen molar-refractivity contribution in [1.29, 1.82) is 0 Å². The Morgan fingerprint density at radius 2 is 2.22 bits per heavy atom. The van der Waals surface area contributed by atoms with Gasteiger partial charge in [-0.05, 0) is 38.0 Å². The SMILES string of the molecule is CCOc1ccc(-c2noc(-c3cnn(C4CC4)c3)n2)cc1F. The summed E-state index contributed by atoms with van der Waals surface area (Å²) in [7, 11) is 0. The van der Waals surface area contributed by atoms with Crippen molar-refractivity contribution in [2.45, 2.75) is 25.8 Å². The maximum absolute atomic E-state index is 13.9. The van der Waals surface area contributed by atoms with Gasteiger partial charge < -0.3 is 9.26 Å². The van der Waals surface area contributed by atoms with Crippen molar-refractivity contribution in [3.8, 4) is 28.6 Å². The normalized spacial score (nSPS) is 14.2. The van der Waals surface area contributed by atoms with Gasteiger partial charge in [0, 0.05) is 11.8 Å². The van der Waals surface area contributed by atoms with Crippen molar-refractivity contribution >= 4 is 0 Å². The van der Waals surface area contributed by atoms with Gasteiger partial charge >= 0.3 is 0 Å². The molecule has 118 valence electrons. The molecule has 0 atom stereocenters.